The highest BCUT2D eigenvalue weighted by Crippen LogP contribution is 2.26. The van der Waals surface area contributed by atoms with Crippen molar-refractivity contribution < 1.29 is 24.1 Å². The van der Waals surface area contributed by atoms with Crippen LogP contribution < -0.4 is 19.6 Å². The van der Waals surface area contributed by atoms with E-state index in [1.54, 1.807) is 30.3 Å². The van der Waals surface area contributed by atoms with Crippen molar-refractivity contribution in [3.63, 3.8) is 0 Å². The first-order chi connectivity index (χ1) is 12.1. The summed E-state index contributed by atoms with van der Waals surface area (Å²) in [5.41, 5.74) is 3.04. The van der Waals surface area contributed by atoms with E-state index in [4.69, 9.17) is 14.2 Å². The first-order valence-corrected chi connectivity index (χ1v) is 7.67. The molecule has 0 aliphatic heterocycles. The molecule has 0 saturated carbocycles. The molecule has 132 valence electrons. The third-order valence-corrected chi connectivity index (χ3v) is 3.11. The molecule has 2 rings (SSSR count). The lowest BCUT2D eigenvalue weighted by atomic mass is 10.2. The summed E-state index contributed by atoms with van der Waals surface area (Å²) in [6, 6.07) is 11.8. The maximum atomic E-state index is 11.8. The van der Waals surface area contributed by atoms with Gasteiger partial charge in [-0.2, -0.15) is 5.10 Å². The van der Waals surface area contributed by atoms with E-state index in [0.29, 0.717) is 29.4 Å². The zero-order chi connectivity index (χ0) is 18.1. The second-order valence-corrected chi connectivity index (χ2v) is 4.89. The standard InChI is InChI=1S/C18H20N2O5/c1-3-24-17-10-13(8-9-14(17)21)11-19-20-18(22)12-25-16-7-5-4-6-15(16)23-2/h4-11,21H,3,12H2,1-2H3,(H,20,22)/b19-11+. The summed E-state index contributed by atoms with van der Waals surface area (Å²) >= 11 is 0. The lowest BCUT2D eigenvalue weighted by Gasteiger charge is -2.09. The molecule has 0 radical (unpaired) electrons. The van der Waals surface area contributed by atoms with Gasteiger partial charge in [0.1, 0.15) is 0 Å². The van der Waals surface area contributed by atoms with Crippen molar-refractivity contribution in [2.45, 2.75) is 6.92 Å². The first-order valence-electron chi connectivity index (χ1n) is 7.67. The van der Waals surface area contributed by atoms with Gasteiger partial charge in [0.25, 0.3) is 5.91 Å². The number of aromatic hydroxyl groups is 1. The van der Waals surface area contributed by atoms with Gasteiger partial charge < -0.3 is 19.3 Å². The third-order valence-electron chi connectivity index (χ3n) is 3.11. The van der Waals surface area contributed by atoms with Crippen LogP contribution in [0.2, 0.25) is 0 Å². The number of hydrogen-bond acceptors (Lipinski definition) is 6. The lowest BCUT2D eigenvalue weighted by molar-refractivity contribution is -0.123. The molecule has 0 saturated heterocycles. The number of carbonyl (C=O) groups excluding carboxylic acids is 1. The van der Waals surface area contributed by atoms with Crippen LogP contribution in [0.1, 0.15) is 12.5 Å². The number of nitrogens with zero attached hydrogens (tertiary/aromatic N) is 1. The SMILES string of the molecule is CCOc1cc(/C=N/NC(=O)COc2ccccc2OC)ccc1O. The topological polar surface area (TPSA) is 89.4 Å². The highest BCUT2D eigenvalue weighted by molar-refractivity contribution is 5.83. The third kappa shape index (κ3) is 5.42. The lowest BCUT2D eigenvalue weighted by Crippen LogP contribution is -2.24. The molecule has 7 nitrogen and oxygen atoms in total. The zero-order valence-corrected chi connectivity index (χ0v) is 14.1. The monoisotopic (exact) mass is 344 g/mol. The van der Waals surface area contributed by atoms with Gasteiger partial charge in [0.2, 0.25) is 0 Å². The van der Waals surface area contributed by atoms with Gasteiger partial charge in [-0.05, 0) is 42.8 Å². The van der Waals surface area contributed by atoms with E-state index in [2.05, 4.69) is 10.5 Å². The molecular formula is C18H20N2O5. The van der Waals surface area contributed by atoms with Crippen molar-refractivity contribution >= 4 is 12.1 Å². The van der Waals surface area contributed by atoms with Gasteiger partial charge in [-0.3, -0.25) is 4.79 Å². The van der Waals surface area contributed by atoms with Crippen molar-refractivity contribution in [2.75, 3.05) is 20.3 Å². The fraction of sp³-hybridized carbons (Fsp3) is 0.222. The maximum Gasteiger partial charge on any atom is 0.277 e. The highest BCUT2D eigenvalue weighted by atomic mass is 16.5. The van der Waals surface area contributed by atoms with E-state index in [1.807, 2.05) is 13.0 Å². The van der Waals surface area contributed by atoms with Crippen LogP contribution in [-0.2, 0) is 4.79 Å². The van der Waals surface area contributed by atoms with Crippen LogP contribution in [0, 0.1) is 0 Å². The number of phenols is 1. The summed E-state index contributed by atoms with van der Waals surface area (Å²) in [4.78, 5) is 11.8. The van der Waals surface area contributed by atoms with Gasteiger partial charge in [-0.1, -0.05) is 12.1 Å². The van der Waals surface area contributed by atoms with E-state index >= 15 is 0 Å². The van der Waals surface area contributed by atoms with E-state index in [0.717, 1.165) is 0 Å². The number of hydrogen-bond donors (Lipinski definition) is 2. The number of carbonyl (C=O) groups is 1. The maximum absolute atomic E-state index is 11.8. The Morgan fingerprint density at radius 1 is 1.16 bits per heavy atom. The number of nitrogens with one attached hydrogen (secondary N) is 1. The molecule has 1 amide bonds. The Morgan fingerprint density at radius 2 is 1.92 bits per heavy atom. The van der Waals surface area contributed by atoms with Gasteiger partial charge >= 0.3 is 0 Å². The van der Waals surface area contributed by atoms with Gasteiger partial charge in [0.15, 0.2) is 29.6 Å². The fourth-order valence-electron chi connectivity index (χ4n) is 1.97. The zero-order valence-electron chi connectivity index (χ0n) is 14.1. The number of ether oxygens (including phenoxy) is 3. The number of rotatable bonds is 8. The molecule has 0 fully saturated rings. The molecular weight excluding hydrogens is 324 g/mol. The summed E-state index contributed by atoms with van der Waals surface area (Å²) in [5, 5.41) is 13.5. The van der Waals surface area contributed by atoms with Crippen LogP contribution in [0.25, 0.3) is 0 Å². The minimum Gasteiger partial charge on any atom is -0.504 e. The van der Waals surface area contributed by atoms with Crippen LogP contribution in [0.5, 0.6) is 23.0 Å². The predicted molar refractivity (Wildman–Crippen MR) is 93.5 cm³/mol. The molecule has 0 bridgehead atoms. The second kappa shape index (κ2) is 9.17. The number of amides is 1. The number of hydrazone groups is 1. The molecule has 25 heavy (non-hydrogen) atoms. The van der Waals surface area contributed by atoms with Crippen molar-refractivity contribution in [2.24, 2.45) is 5.10 Å². The number of para-hydroxylation sites is 2. The van der Waals surface area contributed by atoms with Crippen molar-refractivity contribution in [3.05, 3.63) is 48.0 Å². The molecule has 0 aromatic heterocycles. The Kier molecular flexibility index (Phi) is 6.65. The van der Waals surface area contributed by atoms with Gasteiger partial charge in [-0.15, -0.1) is 0 Å². The van der Waals surface area contributed by atoms with Gasteiger partial charge in [0, 0.05) is 0 Å². The fourth-order valence-corrected chi connectivity index (χ4v) is 1.97. The van der Waals surface area contributed by atoms with E-state index in [-0.39, 0.29) is 12.4 Å². The molecule has 0 heterocycles. The molecule has 0 aliphatic rings. The summed E-state index contributed by atoms with van der Waals surface area (Å²) < 4.78 is 15.8. The molecule has 2 aromatic carbocycles. The van der Waals surface area contributed by atoms with Crippen molar-refractivity contribution in [3.8, 4) is 23.0 Å². The molecule has 0 unspecified atom stereocenters. The van der Waals surface area contributed by atoms with Crippen LogP contribution in [0.15, 0.2) is 47.6 Å². The largest absolute Gasteiger partial charge is 0.504 e. The first kappa shape index (κ1) is 18.1. The normalized spacial score (nSPS) is 10.5. The molecule has 0 aliphatic carbocycles. The number of benzene rings is 2. The Bertz CT molecular complexity index is 746. The molecule has 2 aromatic rings. The van der Waals surface area contributed by atoms with Crippen LogP contribution in [0.4, 0.5) is 0 Å². The number of methoxy groups -OCH3 is 1. The van der Waals surface area contributed by atoms with Gasteiger partial charge in [0.05, 0.1) is 19.9 Å². The van der Waals surface area contributed by atoms with Crippen molar-refractivity contribution in [1.82, 2.24) is 5.43 Å². The Hall–Kier alpha value is -3.22. The Balaban J connectivity index is 1.87. The minimum absolute atomic E-state index is 0.0493. The van der Waals surface area contributed by atoms with Crippen molar-refractivity contribution in [1.29, 1.82) is 0 Å². The summed E-state index contributed by atoms with van der Waals surface area (Å²) in [7, 11) is 1.53. The summed E-state index contributed by atoms with van der Waals surface area (Å²) in [6.45, 7) is 2.06. The Morgan fingerprint density at radius 3 is 2.64 bits per heavy atom. The van der Waals surface area contributed by atoms with E-state index in [9.17, 15) is 9.90 Å². The number of phenolic OH excluding ortho intramolecular Hbond substituents is 1. The highest BCUT2D eigenvalue weighted by Gasteiger charge is 2.06. The smallest absolute Gasteiger partial charge is 0.277 e. The second-order valence-electron chi connectivity index (χ2n) is 4.89. The average Bonchev–Trinajstić information content (AvgIpc) is 2.63. The molecule has 0 atom stereocenters. The van der Waals surface area contributed by atoms with Crippen LogP contribution in [0.3, 0.4) is 0 Å². The summed E-state index contributed by atoms with van der Waals surface area (Å²) in [5.74, 6) is 1.02. The molecule has 0 spiro atoms. The average molecular weight is 344 g/mol. The van der Waals surface area contributed by atoms with Gasteiger partial charge in [-0.25, -0.2) is 5.43 Å². The quantitative estimate of drug-likeness (QED) is 0.567. The predicted octanol–water partition coefficient (Wildman–Crippen LogP) is 2.33. The summed E-state index contributed by atoms with van der Waals surface area (Å²) in [6.07, 6.45) is 1.45. The van der Waals surface area contributed by atoms with E-state index < -0.39 is 5.91 Å². The van der Waals surface area contributed by atoms with Crippen LogP contribution in [-0.4, -0.2) is 37.6 Å². The molecule has 2 N–H and O–H groups in total. The Labute approximate surface area is 145 Å². The van der Waals surface area contributed by atoms with Crippen LogP contribution >= 0.6 is 0 Å². The van der Waals surface area contributed by atoms with E-state index in [1.165, 1.54) is 19.4 Å². The minimum atomic E-state index is -0.411. The molecule has 7 heteroatoms.